The third-order valence-corrected chi connectivity index (χ3v) is 2.69. The number of nitrogens with zero attached hydrogens (tertiary/aromatic N) is 2. The van der Waals surface area contributed by atoms with Crippen LogP contribution >= 0.6 is 0 Å². The van der Waals surface area contributed by atoms with Crippen molar-refractivity contribution in [2.24, 2.45) is 5.92 Å². The Balaban J connectivity index is 2.83. The van der Waals surface area contributed by atoms with Crippen LogP contribution in [0.15, 0.2) is 0 Å². The monoisotopic (exact) mass is 209 g/mol. The van der Waals surface area contributed by atoms with Gasteiger partial charge in [-0.3, -0.25) is 4.68 Å². The molecule has 0 atom stereocenters. The highest BCUT2D eigenvalue weighted by Gasteiger charge is 2.11. The fraction of sp³-hybridized carbons (Fsp3) is 0.750. The third kappa shape index (κ3) is 3.06. The van der Waals surface area contributed by atoms with Crippen LogP contribution in [-0.4, -0.2) is 23.4 Å². The molecule has 0 aromatic carbocycles. The molecule has 0 aliphatic carbocycles. The van der Waals surface area contributed by atoms with Crippen LogP contribution in [0.1, 0.15) is 30.8 Å². The van der Waals surface area contributed by atoms with Gasteiger partial charge in [0.2, 0.25) is 0 Å². The molecule has 0 unspecified atom stereocenters. The van der Waals surface area contributed by atoms with Crippen molar-refractivity contribution in [1.29, 1.82) is 0 Å². The van der Waals surface area contributed by atoms with E-state index >= 15 is 0 Å². The van der Waals surface area contributed by atoms with Crippen LogP contribution in [0.25, 0.3) is 0 Å². The van der Waals surface area contributed by atoms with Crippen LogP contribution in [-0.2, 0) is 13.0 Å². The average Bonchev–Trinajstić information content (AvgIpc) is 2.39. The molecule has 1 aromatic heterocycles. The van der Waals surface area contributed by atoms with Crippen molar-refractivity contribution < 1.29 is 0 Å². The van der Waals surface area contributed by atoms with Gasteiger partial charge in [0, 0.05) is 12.2 Å². The van der Waals surface area contributed by atoms with Gasteiger partial charge in [0.05, 0.1) is 5.69 Å². The van der Waals surface area contributed by atoms with Crippen LogP contribution < -0.4 is 5.32 Å². The summed E-state index contributed by atoms with van der Waals surface area (Å²) in [6, 6.07) is 0. The Labute approximate surface area is 92.9 Å². The van der Waals surface area contributed by atoms with Crippen molar-refractivity contribution in [2.45, 2.75) is 40.7 Å². The minimum Gasteiger partial charge on any atom is -0.319 e. The van der Waals surface area contributed by atoms with E-state index in [0.717, 1.165) is 19.5 Å². The molecular formula is C12H23N3. The summed E-state index contributed by atoms with van der Waals surface area (Å²) < 4.78 is 2.14. The molecule has 0 saturated carbocycles. The molecule has 1 rings (SSSR count). The minimum atomic E-state index is 0.653. The molecule has 0 aliphatic rings. The van der Waals surface area contributed by atoms with E-state index in [1.165, 1.54) is 17.0 Å². The molecule has 0 saturated heterocycles. The molecule has 1 aromatic rings. The second-order valence-electron chi connectivity index (χ2n) is 4.58. The average molecular weight is 209 g/mol. The van der Waals surface area contributed by atoms with Crippen LogP contribution in [0, 0.1) is 19.8 Å². The molecule has 0 amide bonds. The van der Waals surface area contributed by atoms with E-state index in [1.807, 2.05) is 7.05 Å². The maximum atomic E-state index is 4.59. The SMILES string of the molecule is CNCCc1c(C)nn(CC(C)C)c1C. The second kappa shape index (κ2) is 5.31. The summed E-state index contributed by atoms with van der Waals surface area (Å²) in [7, 11) is 1.99. The third-order valence-electron chi connectivity index (χ3n) is 2.69. The predicted molar refractivity (Wildman–Crippen MR) is 64.2 cm³/mol. The summed E-state index contributed by atoms with van der Waals surface area (Å²) >= 11 is 0. The van der Waals surface area contributed by atoms with Crippen molar-refractivity contribution in [3.8, 4) is 0 Å². The first-order chi connectivity index (χ1) is 7.06. The second-order valence-corrected chi connectivity index (χ2v) is 4.58. The maximum absolute atomic E-state index is 4.59. The Morgan fingerprint density at radius 3 is 2.53 bits per heavy atom. The van der Waals surface area contributed by atoms with Gasteiger partial charge in [-0.2, -0.15) is 5.10 Å². The number of aryl methyl sites for hydroxylation is 1. The Bertz CT molecular complexity index is 313. The van der Waals surface area contributed by atoms with E-state index in [0.29, 0.717) is 5.92 Å². The summed E-state index contributed by atoms with van der Waals surface area (Å²) in [5.74, 6) is 0.653. The Morgan fingerprint density at radius 2 is 2.00 bits per heavy atom. The van der Waals surface area contributed by atoms with Gasteiger partial charge >= 0.3 is 0 Å². The number of nitrogens with one attached hydrogen (secondary N) is 1. The number of aromatic nitrogens is 2. The molecule has 0 bridgehead atoms. The lowest BCUT2D eigenvalue weighted by Gasteiger charge is -2.07. The number of hydrogen-bond acceptors (Lipinski definition) is 2. The lowest BCUT2D eigenvalue weighted by atomic mass is 10.1. The molecule has 15 heavy (non-hydrogen) atoms. The van der Waals surface area contributed by atoms with E-state index < -0.39 is 0 Å². The van der Waals surface area contributed by atoms with Gasteiger partial charge in [0.25, 0.3) is 0 Å². The van der Waals surface area contributed by atoms with Gasteiger partial charge in [-0.1, -0.05) is 13.8 Å². The zero-order chi connectivity index (χ0) is 11.4. The van der Waals surface area contributed by atoms with E-state index in [9.17, 15) is 0 Å². The highest BCUT2D eigenvalue weighted by atomic mass is 15.3. The first-order valence-corrected chi connectivity index (χ1v) is 5.73. The van der Waals surface area contributed by atoms with Crippen molar-refractivity contribution in [3.63, 3.8) is 0 Å². The van der Waals surface area contributed by atoms with Gasteiger partial charge in [-0.15, -0.1) is 0 Å². The Kier molecular flexibility index (Phi) is 4.33. The molecular weight excluding hydrogens is 186 g/mol. The normalized spacial score (nSPS) is 11.3. The van der Waals surface area contributed by atoms with Gasteiger partial charge in [-0.25, -0.2) is 0 Å². The van der Waals surface area contributed by atoms with Crippen molar-refractivity contribution in [3.05, 3.63) is 17.0 Å². The molecule has 0 radical (unpaired) electrons. The molecule has 3 nitrogen and oxygen atoms in total. The summed E-state index contributed by atoms with van der Waals surface area (Å²) in [6.07, 6.45) is 1.08. The first kappa shape index (κ1) is 12.2. The summed E-state index contributed by atoms with van der Waals surface area (Å²) in [5.41, 5.74) is 3.92. The zero-order valence-corrected chi connectivity index (χ0v) is 10.6. The van der Waals surface area contributed by atoms with Crippen molar-refractivity contribution >= 4 is 0 Å². The molecule has 1 N–H and O–H groups in total. The predicted octanol–water partition coefficient (Wildman–Crippen LogP) is 1.92. The molecule has 0 fully saturated rings. The number of hydrogen-bond donors (Lipinski definition) is 1. The molecule has 3 heteroatoms. The zero-order valence-electron chi connectivity index (χ0n) is 10.6. The molecule has 1 heterocycles. The van der Waals surface area contributed by atoms with Gasteiger partial charge in [0.1, 0.15) is 0 Å². The standard InChI is InChI=1S/C12H23N3/c1-9(2)8-15-11(4)12(6-7-13-5)10(3)14-15/h9,13H,6-8H2,1-5H3. The number of likely N-dealkylation sites (N-methyl/N-ethyl adjacent to an activating group) is 1. The highest BCUT2D eigenvalue weighted by molar-refractivity contribution is 5.24. The molecule has 0 spiro atoms. The van der Waals surface area contributed by atoms with E-state index in [4.69, 9.17) is 0 Å². The fourth-order valence-electron chi connectivity index (χ4n) is 1.87. The number of rotatable bonds is 5. The van der Waals surface area contributed by atoms with Gasteiger partial charge in [0.15, 0.2) is 0 Å². The lowest BCUT2D eigenvalue weighted by molar-refractivity contribution is 0.472. The fourth-order valence-corrected chi connectivity index (χ4v) is 1.87. The smallest absolute Gasteiger partial charge is 0.0628 e. The maximum Gasteiger partial charge on any atom is 0.0628 e. The summed E-state index contributed by atoms with van der Waals surface area (Å²) in [4.78, 5) is 0. The van der Waals surface area contributed by atoms with Gasteiger partial charge < -0.3 is 5.32 Å². The quantitative estimate of drug-likeness (QED) is 0.803. The van der Waals surface area contributed by atoms with Crippen LogP contribution in [0.5, 0.6) is 0 Å². The van der Waals surface area contributed by atoms with Crippen LogP contribution in [0.3, 0.4) is 0 Å². The summed E-state index contributed by atoms with van der Waals surface area (Å²) in [5, 5.41) is 7.78. The van der Waals surface area contributed by atoms with Crippen molar-refractivity contribution in [1.82, 2.24) is 15.1 Å². The molecule has 86 valence electrons. The molecule has 0 aliphatic heterocycles. The summed E-state index contributed by atoms with van der Waals surface area (Å²) in [6.45, 7) is 10.8. The van der Waals surface area contributed by atoms with Gasteiger partial charge in [-0.05, 0) is 45.3 Å². The Morgan fingerprint density at radius 1 is 1.33 bits per heavy atom. The van der Waals surface area contributed by atoms with Crippen molar-refractivity contribution in [2.75, 3.05) is 13.6 Å². The van der Waals surface area contributed by atoms with E-state index in [-0.39, 0.29) is 0 Å². The Hall–Kier alpha value is -0.830. The lowest BCUT2D eigenvalue weighted by Crippen LogP contribution is -2.12. The van der Waals surface area contributed by atoms with E-state index in [1.54, 1.807) is 0 Å². The van der Waals surface area contributed by atoms with E-state index in [2.05, 4.69) is 42.8 Å². The first-order valence-electron chi connectivity index (χ1n) is 5.73. The topological polar surface area (TPSA) is 29.9 Å². The van der Waals surface area contributed by atoms with Crippen LogP contribution in [0.4, 0.5) is 0 Å². The minimum absolute atomic E-state index is 0.653. The highest BCUT2D eigenvalue weighted by Crippen LogP contribution is 2.14. The largest absolute Gasteiger partial charge is 0.319 e. The van der Waals surface area contributed by atoms with Crippen LogP contribution in [0.2, 0.25) is 0 Å².